The van der Waals surface area contributed by atoms with Gasteiger partial charge in [-0.25, -0.2) is 0 Å². The van der Waals surface area contributed by atoms with Crippen LogP contribution < -0.4 is 4.74 Å². The van der Waals surface area contributed by atoms with Crippen molar-refractivity contribution < 1.29 is 23.1 Å². The molecule has 0 atom stereocenters. The number of halogens is 3. The average Bonchev–Trinajstić information content (AvgIpc) is 2.25. The Bertz CT molecular complexity index is 388. The maximum Gasteiger partial charge on any atom is 0.422 e. The SMILES string of the molecule is C/C(=N\O)c1ccccc1OCC(F)(F)F. The fourth-order valence-electron chi connectivity index (χ4n) is 1.10. The second-order valence-electron chi connectivity index (χ2n) is 3.09. The Balaban J connectivity index is 2.88. The van der Waals surface area contributed by atoms with Gasteiger partial charge in [0.15, 0.2) is 6.61 Å². The average molecular weight is 233 g/mol. The summed E-state index contributed by atoms with van der Waals surface area (Å²) in [7, 11) is 0. The lowest BCUT2D eigenvalue weighted by Crippen LogP contribution is -2.20. The summed E-state index contributed by atoms with van der Waals surface area (Å²) in [4.78, 5) is 0. The molecule has 1 rings (SSSR count). The van der Waals surface area contributed by atoms with E-state index in [2.05, 4.69) is 9.89 Å². The molecule has 0 aliphatic heterocycles. The molecule has 0 aliphatic rings. The van der Waals surface area contributed by atoms with E-state index in [-0.39, 0.29) is 11.5 Å². The minimum absolute atomic E-state index is 0.0372. The van der Waals surface area contributed by atoms with E-state index in [0.717, 1.165) is 0 Å². The predicted octanol–water partition coefficient (Wildman–Crippen LogP) is 2.83. The molecular weight excluding hydrogens is 223 g/mol. The first-order valence-corrected chi connectivity index (χ1v) is 4.41. The topological polar surface area (TPSA) is 41.8 Å². The van der Waals surface area contributed by atoms with Crippen LogP contribution >= 0.6 is 0 Å². The molecule has 3 nitrogen and oxygen atoms in total. The lowest BCUT2D eigenvalue weighted by molar-refractivity contribution is -0.153. The molecule has 0 amide bonds. The molecule has 0 radical (unpaired) electrons. The third-order valence-corrected chi connectivity index (χ3v) is 1.82. The Hall–Kier alpha value is -1.72. The van der Waals surface area contributed by atoms with Crippen LogP contribution in [-0.4, -0.2) is 23.7 Å². The van der Waals surface area contributed by atoms with Crippen LogP contribution in [0.2, 0.25) is 0 Å². The monoisotopic (exact) mass is 233 g/mol. The molecule has 0 unspecified atom stereocenters. The summed E-state index contributed by atoms with van der Waals surface area (Å²) in [6.07, 6.45) is -4.39. The molecule has 6 heteroatoms. The first-order chi connectivity index (χ1) is 7.44. The molecule has 16 heavy (non-hydrogen) atoms. The predicted molar refractivity (Wildman–Crippen MR) is 52.0 cm³/mol. The molecule has 1 N–H and O–H groups in total. The van der Waals surface area contributed by atoms with E-state index in [1.54, 1.807) is 12.1 Å². The fraction of sp³-hybridized carbons (Fsp3) is 0.300. The van der Waals surface area contributed by atoms with Gasteiger partial charge in [0.1, 0.15) is 5.75 Å². The highest BCUT2D eigenvalue weighted by Gasteiger charge is 2.28. The summed E-state index contributed by atoms with van der Waals surface area (Å²) in [6.45, 7) is 0.0957. The molecule has 88 valence electrons. The third-order valence-electron chi connectivity index (χ3n) is 1.82. The van der Waals surface area contributed by atoms with Crippen molar-refractivity contribution in [3.8, 4) is 5.75 Å². The lowest BCUT2D eigenvalue weighted by atomic mass is 10.1. The standard InChI is InChI=1S/C10H10F3NO2/c1-7(14-15)8-4-2-3-5-9(8)16-6-10(11,12)13/h2-5,15H,6H2,1H3/b14-7+. The molecule has 0 bridgehead atoms. The zero-order valence-electron chi connectivity index (χ0n) is 8.45. The summed E-state index contributed by atoms with van der Waals surface area (Å²) < 4.78 is 40.5. The van der Waals surface area contributed by atoms with E-state index in [9.17, 15) is 13.2 Å². The highest BCUT2D eigenvalue weighted by molar-refractivity contribution is 6.00. The Labute approximate surface area is 90.1 Å². The van der Waals surface area contributed by atoms with Gasteiger partial charge in [-0.3, -0.25) is 0 Å². The smallest absolute Gasteiger partial charge is 0.422 e. The fourth-order valence-corrected chi connectivity index (χ4v) is 1.10. The first-order valence-electron chi connectivity index (χ1n) is 4.41. The van der Waals surface area contributed by atoms with Gasteiger partial charge in [0, 0.05) is 5.56 Å². The molecule has 0 spiro atoms. The van der Waals surface area contributed by atoms with Crippen LogP contribution in [0.4, 0.5) is 13.2 Å². The van der Waals surface area contributed by atoms with E-state index in [4.69, 9.17) is 5.21 Å². The number of rotatable bonds is 3. The highest BCUT2D eigenvalue weighted by atomic mass is 19.4. The summed E-state index contributed by atoms with van der Waals surface area (Å²) in [5.74, 6) is 0.0372. The molecular formula is C10H10F3NO2. The van der Waals surface area contributed by atoms with Gasteiger partial charge in [-0.2, -0.15) is 13.2 Å². The molecule has 1 aromatic rings. The number of hydrogen-bond donors (Lipinski definition) is 1. The number of hydrogen-bond acceptors (Lipinski definition) is 3. The van der Waals surface area contributed by atoms with Gasteiger partial charge in [0.25, 0.3) is 0 Å². The second kappa shape index (κ2) is 4.87. The van der Waals surface area contributed by atoms with Crippen molar-refractivity contribution in [2.75, 3.05) is 6.61 Å². The van der Waals surface area contributed by atoms with E-state index in [1.165, 1.54) is 19.1 Å². The third kappa shape index (κ3) is 3.45. The summed E-state index contributed by atoms with van der Waals surface area (Å²) in [5, 5.41) is 11.5. The molecule has 0 saturated carbocycles. The van der Waals surface area contributed by atoms with Crippen LogP contribution in [0.5, 0.6) is 5.75 Å². The van der Waals surface area contributed by atoms with Crippen LogP contribution in [0.3, 0.4) is 0 Å². The molecule has 0 aliphatic carbocycles. The van der Waals surface area contributed by atoms with Crippen molar-refractivity contribution in [1.82, 2.24) is 0 Å². The van der Waals surface area contributed by atoms with E-state index in [0.29, 0.717) is 5.56 Å². The van der Waals surface area contributed by atoms with Crippen molar-refractivity contribution in [3.63, 3.8) is 0 Å². The lowest BCUT2D eigenvalue weighted by Gasteiger charge is -2.12. The van der Waals surface area contributed by atoms with Gasteiger partial charge < -0.3 is 9.94 Å². The Kier molecular flexibility index (Phi) is 3.76. The Morgan fingerprint density at radius 1 is 1.38 bits per heavy atom. The number of oxime groups is 1. The van der Waals surface area contributed by atoms with Gasteiger partial charge in [-0.1, -0.05) is 17.3 Å². The van der Waals surface area contributed by atoms with Crippen molar-refractivity contribution >= 4 is 5.71 Å². The summed E-state index contributed by atoms with van der Waals surface area (Å²) in [5.41, 5.74) is 0.520. The zero-order chi connectivity index (χ0) is 12.2. The number of ether oxygens (including phenoxy) is 1. The van der Waals surface area contributed by atoms with Crippen LogP contribution in [0.25, 0.3) is 0 Å². The molecule has 0 heterocycles. The highest BCUT2D eigenvalue weighted by Crippen LogP contribution is 2.22. The quantitative estimate of drug-likeness (QED) is 0.495. The summed E-state index contributed by atoms with van der Waals surface area (Å²) >= 11 is 0. The van der Waals surface area contributed by atoms with Crippen molar-refractivity contribution in [2.24, 2.45) is 5.16 Å². The number of nitrogens with zero attached hydrogens (tertiary/aromatic N) is 1. The number of benzene rings is 1. The van der Waals surface area contributed by atoms with Gasteiger partial charge in [0.05, 0.1) is 5.71 Å². The van der Waals surface area contributed by atoms with Crippen molar-refractivity contribution in [1.29, 1.82) is 0 Å². The van der Waals surface area contributed by atoms with Crippen LogP contribution in [0.15, 0.2) is 29.4 Å². The van der Waals surface area contributed by atoms with Gasteiger partial charge in [0.2, 0.25) is 0 Å². The molecule has 0 saturated heterocycles. The number of alkyl halides is 3. The maximum absolute atomic E-state index is 12.0. The van der Waals surface area contributed by atoms with E-state index in [1.807, 2.05) is 0 Å². The number of para-hydroxylation sites is 1. The summed E-state index contributed by atoms with van der Waals surface area (Å²) in [6, 6.07) is 6.06. The molecule has 1 aromatic carbocycles. The minimum atomic E-state index is -4.39. The minimum Gasteiger partial charge on any atom is -0.483 e. The van der Waals surface area contributed by atoms with Gasteiger partial charge >= 0.3 is 6.18 Å². The normalized spacial score (nSPS) is 12.6. The van der Waals surface area contributed by atoms with Crippen molar-refractivity contribution in [3.05, 3.63) is 29.8 Å². The van der Waals surface area contributed by atoms with E-state index >= 15 is 0 Å². The zero-order valence-corrected chi connectivity index (χ0v) is 8.45. The van der Waals surface area contributed by atoms with Crippen LogP contribution in [0, 0.1) is 0 Å². The largest absolute Gasteiger partial charge is 0.483 e. The van der Waals surface area contributed by atoms with Crippen LogP contribution in [-0.2, 0) is 0 Å². The van der Waals surface area contributed by atoms with Crippen molar-refractivity contribution in [2.45, 2.75) is 13.1 Å². The van der Waals surface area contributed by atoms with Gasteiger partial charge in [-0.15, -0.1) is 0 Å². The van der Waals surface area contributed by atoms with Gasteiger partial charge in [-0.05, 0) is 19.1 Å². The Morgan fingerprint density at radius 2 is 2.00 bits per heavy atom. The molecule has 0 fully saturated rings. The maximum atomic E-state index is 12.0. The van der Waals surface area contributed by atoms with E-state index < -0.39 is 12.8 Å². The molecule has 0 aromatic heterocycles. The first kappa shape index (κ1) is 12.4. The Morgan fingerprint density at radius 3 is 2.56 bits per heavy atom. The second-order valence-corrected chi connectivity index (χ2v) is 3.09. The van der Waals surface area contributed by atoms with Crippen LogP contribution in [0.1, 0.15) is 12.5 Å².